The summed E-state index contributed by atoms with van der Waals surface area (Å²) in [5, 5.41) is 28.7. The summed E-state index contributed by atoms with van der Waals surface area (Å²) in [6.07, 6.45) is 2.93. The summed E-state index contributed by atoms with van der Waals surface area (Å²) in [5.74, 6) is -4.50. The molecule has 0 aliphatic carbocycles. The van der Waals surface area contributed by atoms with E-state index >= 15 is 0 Å². The van der Waals surface area contributed by atoms with E-state index in [-0.39, 0.29) is 26.5 Å². The highest BCUT2D eigenvalue weighted by Crippen LogP contribution is 2.46. The summed E-state index contributed by atoms with van der Waals surface area (Å²) < 4.78 is 0.954. The molecule has 12 nitrogen and oxygen atoms in total. The highest BCUT2D eigenvalue weighted by atomic mass is 35.5. The molecule has 0 atom stereocenters. The Bertz CT molecular complexity index is 1630. The van der Waals surface area contributed by atoms with Gasteiger partial charge in [0, 0.05) is 17.0 Å². The number of benzene rings is 1. The predicted octanol–water partition coefficient (Wildman–Crippen LogP) is 0.218. The molecule has 3 heterocycles. The standard InChI is InChI=1S/C22H17ClN4O8S3/c1-24-18(20(35)27(22(24)36)9-17(32)33)21-26(8-16(30)31)19(34)13(38-21)4-5-14-25(7-15(28)29)11-6-10(23)2-3-12(11)37-14/h2-6H,7-9H2,1H3,(H,28,29)(H,30,31)(H,32,33)/b13-4-,14-5+,21-18-. The Morgan fingerprint density at radius 1 is 1.00 bits per heavy atom. The van der Waals surface area contributed by atoms with E-state index in [1.807, 2.05) is 0 Å². The number of nitrogens with zero attached hydrogens (tertiary/aromatic N) is 4. The van der Waals surface area contributed by atoms with Crippen LogP contribution in [0.15, 0.2) is 39.0 Å². The third-order valence-corrected chi connectivity index (χ3v) is 8.36. The number of rotatable bonds is 7. The van der Waals surface area contributed by atoms with Crippen molar-refractivity contribution in [2.75, 3.05) is 25.0 Å². The number of carboxylic acids is 3. The van der Waals surface area contributed by atoms with Crippen molar-refractivity contribution < 1.29 is 34.5 Å². The van der Waals surface area contributed by atoms with Gasteiger partial charge >= 0.3 is 17.9 Å². The van der Waals surface area contributed by atoms with Gasteiger partial charge in [-0.1, -0.05) is 23.4 Å². The molecule has 4 rings (SSSR count). The Hall–Kier alpha value is -3.66. The highest BCUT2D eigenvalue weighted by molar-refractivity contribution is 8.03. The lowest BCUT2D eigenvalue weighted by Gasteiger charge is -2.17. The van der Waals surface area contributed by atoms with E-state index in [9.17, 15) is 34.2 Å². The average Bonchev–Trinajstić information content (AvgIpc) is 3.38. The van der Waals surface area contributed by atoms with Crippen LogP contribution in [0.5, 0.6) is 0 Å². The number of aliphatic carboxylic acids is 3. The molecule has 16 heteroatoms. The van der Waals surface area contributed by atoms with Crippen molar-refractivity contribution in [1.82, 2.24) is 14.4 Å². The van der Waals surface area contributed by atoms with Gasteiger partial charge in [-0.2, -0.15) is 0 Å². The van der Waals surface area contributed by atoms with Crippen LogP contribution in [-0.2, 0) is 25.7 Å². The van der Waals surface area contributed by atoms with Gasteiger partial charge < -0.3 is 25.1 Å². The molecular formula is C22H17ClN4O8S3. The lowest BCUT2D eigenvalue weighted by molar-refractivity contribution is -0.140. The fourth-order valence-corrected chi connectivity index (χ4v) is 6.35. The third kappa shape index (κ3) is 5.18. The molecule has 0 radical (unpaired) electrons. The summed E-state index contributed by atoms with van der Waals surface area (Å²) in [4.78, 5) is 64.8. The summed E-state index contributed by atoms with van der Waals surface area (Å²) >= 11 is 13.4. The number of hydrogen-bond donors (Lipinski definition) is 3. The van der Waals surface area contributed by atoms with Gasteiger partial charge in [0.1, 0.15) is 30.0 Å². The van der Waals surface area contributed by atoms with Gasteiger partial charge in [0.05, 0.1) is 15.2 Å². The molecule has 38 heavy (non-hydrogen) atoms. The van der Waals surface area contributed by atoms with Gasteiger partial charge in [0.2, 0.25) is 0 Å². The highest BCUT2D eigenvalue weighted by Gasteiger charge is 2.38. The van der Waals surface area contributed by atoms with Crippen LogP contribution >= 0.6 is 46.9 Å². The van der Waals surface area contributed by atoms with Crippen molar-refractivity contribution in [2.24, 2.45) is 0 Å². The number of hydrogen-bond acceptors (Lipinski definition) is 9. The minimum absolute atomic E-state index is 0.0127. The third-order valence-electron chi connectivity index (χ3n) is 5.36. The van der Waals surface area contributed by atoms with Crippen LogP contribution in [0.3, 0.4) is 0 Å². The number of thiocarbonyl (C=S) groups is 1. The first-order valence-electron chi connectivity index (χ1n) is 10.5. The number of fused-ring (bicyclic) bond motifs is 1. The lowest BCUT2D eigenvalue weighted by atomic mass is 10.3. The maximum atomic E-state index is 13.2. The zero-order valence-electron chi connectivity index (χ0n) is 19.3. The van der Waals surface area contributed by atoms with Crippen molar-refractivity contribution in [2.45, 2.75) is 11.4 Å². The Balaban J connectivity index is 1.88. The molecule has 0 bridgehead atoms. The molecule has 1 aromatic heterocycles. The van der Waals surface area contributed by atoms with Crippen molar-refractivity contribution >= 4 is 93.3 Å². The molecule has 0 spiro atoms. The number of likely N-dealkylation sites (N-methyl/N-ethyl adjacent to an activating group) is 1. The monoisotopic (exact) mass is 596 g/mol. The van der Waals surface area contributed by atoms with Gasteiger partial charge in [0.15, 0.2) is 5.11 Å². The van der Waals surface area contributed by atoms with Gasteiger partial charge in [-0.3, -0.25) is 33.4 Å². The van der Waals surface area contributed by atoms with Crippen LogP contribution in [0.4, 0.5) is 5.69 Å². The number of anilines is 1. The summed E-state index contributed by atoms with van der Waals surface area (Å²) in [6.45, 7) is -1.82. The fourth-order valence-electron chi connectivity index (χ4n) is 3.78. The van der Waals surface area contributed by atoms with E-state index in [1.165, 1.54) is 40.8 Å². The zero-order chi connectivity index (χ0) is 27.9. The Labute approximate surface area is 231 Å². The first-order chi connectivity index (χ1) is 17.9. The quantitative estimate of drug-likeness (QED) is 0.374. The second kappa shape index (κ2) is 10.6. The average molecular weight is 597 g/mol. The summed E-state index contributed by atoms with van der Waals surface area (Å²) in [5.41, 5.74) is -0.244. The number of aromatic nitrogens is 1. The number of allylic oxidation sites excluding steroid dienone is 1. The number of amides is 1. The van der Waals surface area contributed by atoms with Crippen LogP contribution in [0, 0.1) is 0 Å². The molecule has 1 fully saturated rings. The van der Waals surface area contributed by atoms with Crippen LogP contribution in [0.2, 0.25) is 5.02 Å². The maximum absolute atomic E-state index is 13.2. The Morgan fingerprint density at radius 3 is 2.26 bits per heavy atom. The molecular weight excluding hydrogens is 580 g/mol. The van der Waals surface area contributed by atoms with E-state index in [0.717, 1.165) is 25.7 Å². The van der Waals surface area contributed by atoms with Crippen molar-refractivity contribution in [3.8, 4) is 0 Å². The maximum Gasteiger partial charge on any atom is 0.323 e. The zero-order valence-corrected chi connectivity index (χ0v) is 22.5. The number of carbonyl (C=O) groups excluding carboxylic acids is 1. The van der Waals surface area contributed by atoms with Crippen LogP contribution < -0.4 is 19.7 Å². The largest absolute Gasteiger partial charge is 0.480 e. The first kappa shape index (κ1) is 27.4. The van der Waals surface area contributed by atoms with Gasteiger partial charge in [-0.15, -0.1) is 11.3 Å². The SMILES string of the molecule is CN1C(=S)N(CC(=O)O)C(=O)/C1=c1/s/c(=C\C=C2\Sc3ccc(Cl)cc3N2CC(=O)O)c(=O)n1CC(=O)O. The molecule has 2 aliphatic rings. The number of carbonyl (C=O) groups is 4. The minimum atomic E-state index is -1.33. The minimum Gasteiger partial charge on any atom is -0.480 e. The Morgan fingerprint density at radius 2 is 1.63 bits per heavy atom. The second-order valence-corrected chi connectivity index (χ2v) is 10.8. The molecule has 1 aromatic carbocycles. The van der Waals surface area contributed by atoms with Crippen molar-refractivity contribution in [3.05, 3.63) is 53.9 Å². The lowest BCUT2D eigenvalue weighted by Crippen LogP contribution is -2.36. The van der Waals surface area contributed by atoms with E-state index in [1.54, 1.807) is 18.2 Å². The molecule has 2 aromatic rings. The van der Waals surface area contributed by atoms with E-state index in [0.29, 0.717) is 15.7 Å². The molecule has 3 N–H and O–H groups in total. The van der Waals surface area contributed by atoms with Crippen LogP contribution in [-0.4, -0.2) is 78.8 Å². The number of carboxylic acid groups (broad SMARTS) is 3. The van der Waals surface area contributed by atoms with Crippen molar-refractivity contribution in [1.29, 1.82) is 0 Å². The first-order valence-corrected chi connectivity index (χ1v) is 13.0. The normalized spacial score (nSPS) is 18.1. The predicted molar refractivity (Wildman–Crippen MR) is 143 cm³/mol. The molecule has 2 aliphatic heterocycles. The van der Waals surface area contributed by atoms with Crippen LogP contribution in [0.1, 0.15) is 0 Å². The summed E-state index contributed by atoms with van der Waals surface area (Å²) in [7, 11) is 1.42. The molecule has 0 saturated carbocycles. The van der Waals surface area contributed by atoms with E-state index < -0.39 is 42.5 Å². The van der Waals surface area contributed by atoms with E-state index in [2.05, 4.69) is 0 Å². The molecule has 198 valence electrons. The second-order valence-electron chi connectivity index (χ2n) is 7.90. The fraction of sp³-hybridized carbons (Fsp3) is 0.182. The van der Waals surface area contributed by atoms with Crippen LogP contribution in [0.25, 0.3) is 11.8 Å². The topological polar surface area (TPSA) is 161 Å². The molecule has 0 unspecified atom stereocenters. The van der Waals surface area contributed by atoms with Gasteiger partial charge in [-0.25, -0.2) is 0 Å². The van der Waals surface area contributed by atoms with Crippen molar-refractivity contribution in [3.63, 3.8) is 0 Å². The Kier molecular flexibility index (Phi) is 7.64. The number of halogens is 1. The summed E-state index contributed by atoms with van der Waals surface area (Å²) in [6, 6.07) is 5.03. The smallest absolute Gasteiger partial charge is 0.323 e. The molecule has 1 amide bonds. The number of thiazole rings is 1. The van der Waals surface area contributed by atoms with E-state index in [4.69, 9.17) is 28.9 Å². The number of thioether (sulfide) groups is 1. The molecule has 1 saturated heterocycles. The van der Waals surface area contributed by atoms with Gasteiger partial charge in [0.25, 0.3) is 11.5 Å². The van der Waals surface area contributed by atoms with Gasteiger partial charge in [-0.05, 0) is 42.6 Å².